The van der Waals surface area contributed by atoms with Crippen LogP contribution in [0.5, 0.6) is 0 Å². The lowest BCUT2D eigenvalue weighted by Crippen LogP contribution is -2.37. The first-order valence-corrected chi connectivity index (χ1v) is 4.74. The molecule has 0 bridgehead atoms. The van der Waals surface area contributed by atoms with Gasteiger partial charge in [-0.05, 0) is 20.0 Å². The molecule has 0 aliphatic heterocycles. The summed E-state index contributed by atoms with van der Waals surface area (Å²) in [6.45, 7) is 7.41. The summed E-state index contributed by atoms with van der Waals surface area (Å²) in [7, 11) is 8.88. The zero-order chi connectivity index (χ0) is 9.61. The topological polar surface area (TPSA) is 3.24 Å². The highest BCUT2D eigenvalue weighted by Gasteiger charge is 2.06. The minimum absolute atomic E-state index is 1.01. The van der Waals surface area contributed by atoms with Gasteiger partial charge in [0.2, 0.25) is 0 Å². The first-order valence-electron chi connectivity index (χ1n) is 4.74. The maximum atomic E-state index is 3.84. The predicted octanol–water partition coefficient (Wildman–Crippen LogP) is 1.24. The van der Waals surface area contributed by atoms with Crippen molar-refractivity contribution in [1.82, 2.24) is 4.90 Å². The van der Waals surface area contributed by atoms with Crippen molar-refractivity contribution < 1.29 is 4.48 Å². The van der Waals surface area contributed by atoms with Crippen LogP contribution < -0.4 is 0 Å². The lowest BCUT2D eigenvalue weighted by atomic mass is 10.3. The first-order chi connectivity index (χ1) is 5.45. The van der Waals surface area contributed by atoms with Crippen molar-refractivity contribution in [3.8, 4) is 0 Å². The van der Waals surface area contributed by atoms with E-state index in [-0.39, 0.29) is 0 Å². The van der Waals surface area contributed by atoms with Gasteiger partial charge in [0.15, 0.2) is 0 Å². The summed E-state index contributed by atoms with van der Waals surface area (Å²) in [6, 6.07) is 0. The molecule has 0 aliphatic rings. The SMILES string of the molecule is [CH2]CCN(C)CCC[N+](C)(C)C. The van der Waals surface area contributed by atoms with E-state index in [1.807, 2.05) is 0 Å². The van der Waals surface area contributed by atoms with Gasteiger partial charge in [-0.25, -0.2) is 0 Å². The highest BCUT2D eigenvalue weighted by molar-refractivity contribution is 4.52. The fourth-order valence-electron chi connectivity index (χ4n) is 1.20. The number of hydrogen-bond donors (Lipinski definition) is 0. The molecule has 0 aromatic rings. The van der Waals surface area contributed by atoms with E-state index in [2.05, 4.69) is 40.0 Å². The van der Waals surface area contributed by atoms with Gasteiger partial charge in [-0.15, -0.1) is 0 Å². The molecule has 0 fully saturated rings. The Morgan fingerprint density at radius 2 is 1.75 bits per heavy atom. The van der Waals surface area contributed by atoms with E-state index >= 15 is 0 Å². The molecular formula is C10H24N2+. The third-order valence-electron chi connectivity index (χ3n) is 1.91. The molecule has 1 radical (unpaired) electrons. The summed E-state index contributed by atoms with van der Waals surface area (Å²) < 4.78 is 1.07. The fraction of sp³-hybridized carbons (Fsp3) is 0.900. The molecule has 12 heavy (non-hydrogen) atoms. The summed E-state index contributed by atoms with van der Waals surface area (Å²) in [5.41, 5.74) is 0. The Morgan fingerprint density at radius 3 is 2.17 bits per heavy atom. The van der Waals surface area contributed by atoms with Crippen LogP contribution in [0, 0.1) is 6.92 Å². The Hall–Kier alpha value is -0.0800. The molecule has 2 nitrogen and oxygen atoms in total. The quantitative estimate of drug-likeness (QED) is 0.545. The molecule has 0 rings (SSSR count). The maximum absolute atomic E-state index is 3.84. The smallest absolute Gasteiger partial charge is 0.0792 e. The van der Waals surface area contributed by atoms with Crippen molar-refractivity contribution >= 4 is 0 Å². The molecule has 0 atom stereocenters. The number of nitrogens with zero attached hydrogens (tertiary/aromatic N) is 2. The van der Waals surface area contributed by atoms with Gasteiger partial charge in [0.05, 0.1) is 27.7 Å². The molecule has 2 heteroatoms. The zero-order valence-corrected chi connectivity index (χ0v) is 9.14. The van der Waals surface area contributed by atoms with E-state index < -0.39 is 0 Å². The van der Waals surface area contributed by atoms with Crippen LogP contribution in [-0.2, 0) is 0 Å². The van der Waals surface area contributed by atoms with Crippen molar-refractivity contribution in [2.24, 2.45) is 0 Å². The van der Waals surface area contributed by atoms with Crippen LogP contribution in [0.25, 0.3) is 0 Å². The molecule has 0 aliphatic carbocycles. The first kappa shape index (κ1) is 11.9. The van der Waals surface area contributed by atoms with Gasteiger partial charge in [0, 0.05) is 13.0 Å². The molecule has 73 valence electrons. The highest BCUT2D eigenvalue weighted by atomic mass is 15.3. The van der Waals surface area contributed by atoms with Gasteiger partial charge >= 0.3 is 0 Å². The lowest BCUT2D eigenvalue weighted by molar-refractivity contribution is -0.870. The summed E-state index contributed by atoms with van der Waals surface area (Å²) in [4.78, 5) is 2.35. The lowest BCUT2D eigenvalue weighted by Gasteiger charge is -2.25. The summed E-state index contributed by atoms with van der Waals surface area (Å²) in [6.07, 6.45) is 2.29. The molecule has 0 spiro atoms. The second-order valence-corrected chi connectivity index (χ2v) is 4.52. The molecule has 0 amide bonds. The van der Waals surface area contributed by atoms with Gasteiger partial charge in [0.25, 0.3) is 0 Å². The van der Waals surface area contributed by atoms with E-state index in [0.717, 1.165) is 17.4 Å². The van der Waals surface area contributed by atoms with E-state index in [0.29, 0.717) is 0 Å². The molecule has 0 unspecified atom stereocenters. The third-order valence-corrected chi connectivity index (χ3v) is 1.91. The van der Waals surface area contributed by atoms with Crippen LogP contribution in [0.3, 0.4) is 0 Å². The van der Waals surface area contributed by atoms with Gasteiger partial charge in [-0.2, -0.15) is 0 Å². The Balaban J connectivity index is 3.31. The molecule has 0 aromatic carbocycles. The van der Waals surface area contributed by atoms with Crippen LogP contribution in [0.15, 0.2) is 0 Å². The summed E-state index contributed by atoms with van der Waals surface area (Å²) in [5, 5.41) is 0. The maximum Gasteiger partial charge on any atom is 0.0792 e. The average Bonchev–Trinajstić information content (AvgIpc) is 1.84. The van der Waals surface area contributed by atoms with Crippen molar-refractivity contribution in [2.75, 3.05) is 47.8 Å². The Labute approximate surface area is 77.8 Å². The molecule has 0 saturated carbocycles. The Kier molecular flexibility index (Phi) is 5.51. The second kappa shape index (κ2) is 5.55. The van der Waals surface area contributed by atoms with Crippen LogP contribution in [0.2, 0.25) is 0 Å². The van der Waals surface area contributed by atoms with Crippen molar-refractivity contribution in [2.45, 2.75) is 12.8 Å². The summed E-state index contributed by atoms with van der Waals surface area (Å²) in [5.74, 6) is 0. The Morgan fingerprint density at radius 1 is 1.17 bits per heavy atom. The van der Waals surface area contributed by atoms with Crippen LogP contribution in [0.1, 0.15) is 12.8 Å². The van der Waals surface area contributed by atoms with Gasteiger partial charge in [-0.3, -0.25) is 0 Å². The number of rotatable bonds is 6. The van der Waals surface area contributed by atoms with Crippen molar-refractivity contribution in [3.05, 3.63) is 6.92 Å². The second-order valence-electron chi connectivity index (χ2n) is 4.52. The number of quaternary nitrogens is 1. The van der Waals surface area contributed by atoms with Crippen LogP contribution in [-0.4, -0.2) is 57.2 Å². The van der Waals surface area contributed by atoms with E-state index in [9.17, 15) is 0 Å². The average molecular weight is 172 g/mol. The molecule has 0 heterocycles. The van der Waals surface area contributed by atoms with Crippen LogP contribution >= 0.6 is 0 Å². The molecule has 0 saturated heterocycles. The molecule has 0 aromatic heterocycles. The zero-order valence-electron chi connectivity index (χ0n) is 9.14. The standard InChI is InChI=1S/C10H24N2/c1-6-8-11(2)9-7-10-12(3,4)5/h1,6-10H2,2-5H3/q+1. The minimum atomic E-state index is 1.01. The monoisotopic (exact) mass is 172 g/mol. The van der Waals surface area contributed by atoms with Gasteiger partial charge < -0.3 is 9.38 Å². The van der Waals surface area contributed by atoms with Gasteiger partial charge in [-0.1, -0.05) is 6.92 Å². The Bertz CT molecular complexity index is 105. The van der Waals surface area contributed by atoms with E-state index in [1.165, 1.54) is 19.5 Å². The van der Waals surface area contributed by atoms with E-state index in [1.54, 1.807) is 0 Å². The van der Waals surface area contributed by atoms with Gasteiger partial charge in [0.1, 0.15) is 0 Å². The van der Waals surface area contributed by atoms with Crippen molar-refractivity contribution in [1.29, 1.82) is 0 Å². The largest absolute Gasteiger partial charge is 0.331 e. The minimum Gasteiger partial charge on any atom is -0.331 e. The molecule has 0 N–H and O–H groups in total. The number of hydrogen-bond acceptors (Lipinski definition) is 1. The molecular weight excluding hydrogens is 148 g/mol. The van der Waals surface area contributed by atoms with Crippen LogP contribution in [0.4, 0.5) is 0 Å². The van der Waals surface area contributed by atoms with Crippen molar-refractivity contribution in [3.63, 3.8) is 0 Å². The summed E-state index contributed by atoms with van der Waals surface area (Å²) >= 11 is 0. The van der Waals surface area contributed by atoms with E-state index in [4.69, 9.17) is 0 Å². The third kappa shape index (κ3) is 8.02. The predicted molar refractivity (Wildman–Crippen MR) is 55.0 cm³/mol. The highest BCUT2D eigenvalue weighted by Crippen LogP contribution is 1.95. The fourth-order valence-corrected chi connectivity index (χ4v) is 1.20. The normalized spacial score (nSPS) is 12.5.